The molecule has 2 fully saturated rings. The number of nitrogens with zero attached hydrogens (tertiary/aromatic N) is 4. The molecule has 2 unspecified atom stereocenters. The van der Waals surface area contributed by atoms with E-state index in [2.05, 4.69) is 22.3 Å². The first kappa shape index (κ1) is 30.2. The number of non-ortho nitro benzene ring substituents is 1. The minimum absolute atomic E-state index is 0.0132. The van der Waals surface area contributed by atoms with Crippen LogP contribution in [0, 0.1) is 10.1 Å². The third-order valence-electron chi connectivity index (χ3n) is 8.37. The first-order chi connectivity index (χ1) is 20.9. The molecule has 3 aromatic rings. The number of ether oxygens (including phenoxy) is 1. The van der Waals surface area contributed by atoms with Crippen LogP contribution < -0.4 is 10.1 Å². The van der Waals surface area contributed by atoms with Crippen LogP contribution in [0.1, 0.15) is 34.3 Å². The smallest absolute Gasteiger partial charge is 0.269 e. The van der Waals surface area contributed by atoms with E-state index in [1.54, 1.807) is 48.4 Å². The molecule has 5 rings (SSSR count). The second-order valence-electron chi connectivity index (χ2n) is 11.2. The largest absolute Gasteiger partial charge is 0.497 e. The van der Waals surface area contributed by atoms with Crippen LogP contribution in [0.2, 0.25) is 0 Å². The van der Waals surface area contributed by atoms with Crippen LogP contribution in [0.25, 0.3) is 0 Å². The second kappa shape index (κ2) is 14.3. The Morgan fingerprint density at radius 2 is 1.79 bits per heavy atom. The molecule has 2 saturated heterocycles. The number of likely N-dealkylation sites (tertiary alicyclic amines) is 1. The molecule has 2 atom stereocenters. The van der Waals surface area contributed by atoms with Crippen LogP contribution in [-0.4, -0.2) is 89.9 Å². The van der Waals surface area contributed by atoms with Gasteiger partial charge in [-0.3, -0.25) is 24.6 Å². The Morgan fingerprint density at radius 1 is 1.00 bits per heavy atom. The summed E-state index contributed by atoms with van der Waals surface area (Å²) in [7, 11) is 1.57. The van der Waals surface area contributed by atoms with Crippen molar-refractivity contribution in [1.82, 2.24) is 20.0 Å². The van der Waals surface area contributed by atoms with Gasteiger partial charge in [-0.2, -0.15) is 0 Å². The Kier molecular flexibility index (Phi) is 10.0. The zero-order valence-corrected chi connectivity index (χ0v) is 24.6. The van der Waals surface area contributed by atoms with Gasteiger partial charge >= 0.3 is 0 Å². The van der Waals surface area contributed by atoms with Gasteiger partial charge in [-0.05, 0) is 55.1 Å². The molecular weight excluding hydrogens is 546 g/mol. The molecule has 43 heavy (non-hydrogen) atoms. The van der Waals surface area contributed by atoms with Gasteiger partial charge in [0.05, 0.1) is 12.0 Å². The number of nitro benzene ring substituents is 1. The van der Waals surface area contributed by atoms with E-state index in [0.29, 0.717) is 50.5 Å². The Hall–Kier alpha value is -4.28. The normalized spacial score (nSPS) is 18.8. The monoisotopic (exact) mass is 585 g/mol. The summed E-state index contributed by atoms with van der Waals surface area (Å²) in [6.07, 6.45) is 2.18. The molecular formula is C33H39N5O5. The zero-order valence-electron chi connectivity index (χ0n) is 24.6. The number of benzene rings is 3. The third-order valence-corrected chi connectivity index (χ3v) is 8.37. The predicted molar refractivity (Wildman–Crippen MR) is 164 cm³/mol. The second-order valence-corrected chi connectivity index (χ2v) is 11.2. The average Bonchev–Trinajstić information content (AvgIpc) is 3.30. The van der Waals surface area contributed by atoms with E-state index in [9.17, 15) is 19.7 Å². The van der Waals surface area contributed by atoms with Gasteiger partial charge in [0.1, 0.15) is 11.8 Å². The molecule has 0 saturated carbocycles. The summed E-state index contributed by atoms with van der Waals surface area (Å²) < 4.78 is 5.37. The number of carbonyl (C=O) groups excluding carboxylic acids is 2. The SMILES string of the molecule is COc1cccc(C(=O)N2CC(N(CCc3ccccc3)Cc3ccc([N+](=O)[O-])cc3)CC2C(=O)N2CCCNCC2)c1. The Bertz CT molecular complexity index is 1390. The van der Waals surface area contributed by atoms with Crippen LogP contribution in [0.5, 0.6) is 5.75 Å². The number of methoxy groups -OCH3 is 1. The van der Waals surface area contributed by atoms with E-state index in [1.165, 1.54) is 17.7 Å². The number of nitrogens with one attached hydrogen (secondary N) is 1. The molecule has 10 nitrogen and oxygen atoms in total. The molecule has 0 aromatic heterocycles. The van der Waals surface area contributed by atoms with Crippen molar-refractivity contribution >= 4 is 17.5 Å². The lowest BCUT2D eigenvalue weighted by molar-refractivity contribution is -0.384. The fraction of sp³-hybridized carbons (Fsp3) is 0.394. The minimum atomic E-state index is -0.585. The number of hydrogen-bond donors (Lipinski definition) is 1. The zero-order chi connectivity index (χ0) is 30.2. The summed E-state index contributed by atoms with van der Waals surface area (Å²) in [5.74, 6) is 0.387. The maximum atomic E-state index is 14.0. The summed E-state index contributed by atoms with van der Waals surface area (Å²) in [6, 6.07) is 23.2. The number of rotatable bonds is 10. The molecule has 0 spiro atoms. The third kappa shape index (κ3) is 7.57. The van der Waals surface area contributed by atoms with Crippen molar-refractivity contribution in [3.63, 3.8) is 0 Å². The predicted octanol–water partition coefficient (Wildman–Crippen LogP) is 3.75. The van der Waals surface area contributed by atoms with E-state index < -0.39 is 11.0 Å². The minimum Gasteiger partial charge on any atom is -0.497 e. The van der Waals surface area contributed by atoms with E-state index >= 15 is 0 Å². The van der Waals surface area contributed by atoms with E-state index in [4.69, 9.17) is 4.74 Å². The summed E-state index contributed by atoms with van der Waals surface area (Å²) >= 11 is 0. The van der Waals surface area contributed by atoms with Crippen molar-refractivity contribution in [2.75, 3.05) is 46.4 Å². The maximum absolute atomic E-state index is 14.0. The van der Waals surface area contributed by atoms with Gasteiger partial charge in [0.15, 0.2) is 0 Å². The highest BCUT2D eigenvalue weighted by atomic mass is 16.6. The molecule has 2 aliphatic heterocycles. The first-order valence-corrected chi connectivity index (χ1v) is 14.9. The van der Waals surface area contributed by atoms with Crippen LogP contribution >= 0.6 is 0 Å². The molecule has 2 amide bonds. The Balaban J connectivity index is 1.43. The van der Waals surface area contributed by atoms with E-state index in [1.807, 2.05) is 23.1 Å². The molecule has 3 aromatic carbocycles. The van der Waals surface area contributed by atoms with Crippen LogP contribution in [0.4, 0.5) is 5.69 Å². The van der Waals surface area contributed by atoms with Crippen LogP contribution in [0.3, 0.4) is 0 Å². The van der Waals surface area contributed by atoms with Gasteiger partial charge in [0.25, 0.3) is 11.6 Å². The van der Waals surface area contributed by atoms with Crippen LogP contribution in [-0.2, 0) is 17.8 Å². The van der Waals surface area contributed by atoms with Gasteiger partial charge in [-0.1, -0.05) is 48.5 Å². The molecule has 2 aliphatic rings. The van der Waals surface area contributed by atoms with E-state index in [0.717, 1.165) is 31.5 Å². The van der Waals surface area contributed by atoms with Gasteiger partial charge < -0.3 is 19.9 Å². The average molecular weight is 586 g/mol. The topological polar surface area (TPSA) is 108 Å². The fourth-order valence-electron chi connectivity index (χ4n) is 6.00. The lowest BCUT2D eigenvalue weighted by Crippen LogP contribution is -2.48. The van der Waals surface area contributed by atoms with E-state index in [-0.39, 0.29) is 23.5 Å². The highest BCUT2D eigenvalue weighted by Crippen LogP contribution is 2.29. The standard InChI is InChI=1S/C33H39N5O5/c1-43-30-10-5-9-27(21-30)32(39)37-24-29(22-31(37)33(40)35-18-6-16-34-17-20-35)36(19-15-25-7-3-2-4-8-25)23-26-11-13-28(14-12-26)38(41)42/h2-5,7-14,21,29,31,34H,6,15-20,22-24H2,1H3. The summed E-state index contributed by atoms with van der Waals surface area (Å²) in [6.45, 7) is 4.53. The first-order valence-electron chi connectivity index (χ1n) is 14.9. The summed E-state index contributed by atoms with van der Waals surface area (Å²) in [5.41, 5.74) is 2.68. The number of amides is 2. The lowest BCUT2D eigenvalue weighted by Gasteiger charge is -2.29. The van der Waals surface area contributed by atoms with Gasteiger partial charge in [0.2, 0.25) is 5.91 Å². The molecule has 1 N–H and O–H groups in total. The van der Waals surface area contributed by atoms with Gasteiger partial charge in [-0.25, -0.2) is 0 Å². The number of hydrogen-bond acceptors (Lipinski definition) is 7. The fourth-order valence-corrected chi connectivity index (χ4v) is 6.00. The highest BCUT2D eigenvalue weighted by Gasteiger charge is 2.43. The molecule has 0 radical (unpaired) electrons. The van der Waals surface area contributed by atoms with Gasteiger partial charge in [0, 0.05) is 63.0 Å². The van der Waals surface area contributed by atoms with Crippen molar-refractivity contribution in [3.8, 4) is 5.75 Å². The molecule has 0 bridgehead atoms. The summed E-state index contributed by atoms with van der Waals surface area (Å²) in [5, 5.41) is 14.6. The quantitative estimate of drug-likeness (QED) is 0.285. The molecule has 226 valence electrons. The van der Waals surface area contributed by atoms with Gasteiger partial charge in [-0.15, -0.1) is 0 Å². The van der Waals surface area contributed by atoms with Crippen molar-refractivity contribution in [2.45, 2.75) is 37.9 Å². The molecule has 2 heterocycles. The lowest BCUT2D eigenvalue weighted by atomic mass is 10.1. The van der Waals surface area contributed by atoms with Crippen molar-refractivity contribution < 1.29 is 19.2 Å². The van der Waals surface area contributed by atoms with Crippen molar-refractivity contribution in [3.05, 3.63) is 106 Å². The number of nitro groups is 1. The molecule has 0 aliphatic carbocycles. The van der Waals surface area contributed by atoms with Crippen molar-refractivity contribution in [2.24, 2.45) is 0 Å². The highest BCUT2D eigenvalue weighted by molar-refractivity contribution is 5.98. The Labute approximate surface area is 252 Å². The number of carbonyl (C=O) groups is 2. The van der Waals surface area contributed by atoms with Crippen molar-refractivity contribution in [1.29, 1.82) is 0 Å². The summed E-state index contributed by atoms with van der Waals surface area (Å²) in [4.78, 5) is 44.8. The van der Waals surface area contributed by atoms with Crippen LogP contribution in [0.15, 0.2) is 78.9 Å². The molecule has 10 heteroatoms. The Morgan fingerprint density at radius 3 is 2.53 bits per heavy atom. The maximum Gasteiger partial charge on any atom is 0.269 e.